The van der Waals surface area contributed by atoms with Crippen molar-refractivity contribution in [2.45, 2.75) is 27.7 Å². The molecule has 7 heteroatoms. The van der Waals surface area contributed by atoms with E-state index < -0.39 is 0 Å². The fraction of sp³-hybridized carbons (Fsp3) is 0.235. The molecule has 0 bridgehead atoms. The minimum absolute atomic E-state index is 0.157. The second-order valence-electron chi connectivity index (χ2n) is 5.59. The van der Waals surface area contributed by atoms with Gasteiger partial charge in [0, 0.05) is 16.3 Å². The molecule has 122 valence electrons. The second kappa shape index (κ2) is 6.20. The fourth-order valence-corrected chi connectivity index (χ4v) is 4.96. The van der Waals surface area contributed by atoms with Crippen LogP contribution in [0.1, 0.15) is 33.0 Å². The number of carbonyl (C=O) groups is 1. The zero-order valence-corrected chi connectivity index (χ0v) is 16.1. The van der Waals surface area contributed by atoms with Crippen LogP contribution in [0.2, 0.25) is 0 Å². The fourth-order valence-electron chi connectivity index (χ4n) is 2.71. The Morgan fingerprint density at radius 1 is 1.33 bits per heavy atom. The van der Waals surface area contributed by atoms with Crippen molar-refractivity contribution >= 4 is 51.6 Å². The van der Waals surface area contributed by atoms with Crippen LogP contribution in [0.15, 0.2) is 11.0 Å². The van der Waals surface area contributed by atoms with Gasteiger partial charge in [-0.1, -0.05) is 24.0 Å². The summed E-state index contributed by atoms with van der Waals surface area (Å²) in [4.78, 5) is 13.6. The summed E-state index contributed by atoms with van der Waals surface area (Å²) in [7, 11) is 0. The number of aryl methyl sites for hydroxylation is 2. The van der Waals surface area contributed by atoms with E-state index in [1.54, 1.807) is 11.3 Å². The Morgan fingerprint density at radius 3 is 2.62 bits per heavy atom. The first-order valence-corrected chi connectivity index (χ1v) is 9.32. The highest BCUT2D eigenvalue weighted by Gasteiger charge is 2.24. The van der Waals surface area contributed by atoms with Crippen LogP contribution in [-0.4, -0.2) is 14.8 Å². The van der Waals surface area contributed by atoms with E-state index >= 15 is 0 Å². The van der Waals surface area contributed by atoms with Gasteiger partial charge in [0.1, 0.15) is 15.4 Å². The number of hydrogen-bond donors (Lipinski definition) is 1. The molecule has 0 saturated carbocycles. The molecule has 0 aliphatic carbocycles. The topological polar surface area (TPSA) is 57.8 Å². The number of thiocarbonyl (C=S) groups is 1. The lowest BCUT2D eigenvalue weighted by Crippen LogP contribution is -2.17. The maximum Gasteiger partial charge on any atom is 0.263 e. The maximum atomic E-state index is 11.9. The highest BCUT2D eigenvalue weighted by Crippen LogP contribution is 2.35. The summed E-state index contributed by atoms with van der Waals surface area (Å²) < 4.78 is 2.57. The molecule has 1 N–H and O–H groups in total. The Labute approximate surface area is 154 Å². The van der Waals surface area contributed by atoms with Crippen molar-refractivity contribution in [2.75, 3.05) is 0 Å². The number of thiophene rings is 1. The number of hydrogen-bond acceptors (Lipinski definition) is 5. The SMILES string of the molecule is Cc1sc(-n2c(C)cc(/C=C3\SC(=S)NC3=O)c2C)c(C#N)c1C. The monoisotopic (exact) mass is 373 g/mol. The summed E-state index contributed by atoms with van der Waals surface area (Å²) in [6.45, 7) is 8.01. The second-order valence-corrected chi connectivity index (χ2v) is 8.51. The standard InChI is InChI=1S/C17H15N3OS3/c1-8-5-12(6-14-15(21)19-17(22)24-14)10(3)20(8)16-13(7-18)9(2)11(4)23-16/h5-6H,1-4H3,(H,19,21,22)/b14-6-. The number of amides is 1. The molecule has 1 aliphatic heterocycles. The summed E-state index contributed by atoms with van der Waals surface area (Å²) in [5.41, 5.74) is 4.74. The highest BCUT2D eigenvalue weighted by molar-refractivity contribution is 8.26. The molecule has 24 heavy (non-hydrogen) atoms. The number of carbonyl (C=O) groups excluding carboxylic acids is 1. The number of nitrogens with zero attached hydrogens (tertiary/aromatic N) is 2. The molecular formula is C17H15N3OS3. The first kappa shape index (κ1) is 17.0. The van der Waals surface area contributed by atoms with Gasteiger partial charge in [-0.25, -0.2) is 0 Å². The number of thioether (sulfide) groups is 1. The summed E-state index contributed by atoms with van der Waals surface area (Å²) in [6, 6.07) is 4.35. The zero-order valence-electron chi connectivity index (χ0n) is 13.7. The minimum Gasteiger partial charge on any atom is -0.308 e. The Kier molecular flexibility index (Phi) is 4.38. The quantitative estimate of drug-likeness (QED) is 0.635. The third-order valence-corrected chi connectivity index (χ3v) is 6.44. The van der Waals surface area contributed by atoms with Crippen molar-refractivity contribution in [3.05, 3.63) is 43.9 Å². The van der Waals surface area contributed by atoms with Crippen LogP contribution < -0.4 is 5.32 Å². The third kappa shape index (κ3) is 2.71. The Bertz CT molecular complexity index is 957. The molecule has 0 aromatic carbocycles. The first-order valence-electron chi connectivity index (χ1n) is 7.27. The van der Waals surface area contributed by atoms with Crippen molar-refractivity contribution in [2.24, 2.45) is 0 Å². The number of rotatable bonds is 2. The van der Waals surface area contributed by atoms with E-state index in [1.165, 1.54) is 11.8 Å². The molecule has 1 aliphatic rings. The van der Waals surface area contributed by atoms with Crippen LogP contribution in [0.25, 0.3) is 11.1 Å². The van der Waals surface area contributed by atoms with Gasteiger partial charge < -0.3 is 9.88 Å². The van der Waals surface area contributed by atoms with Crippen LogP contribution in [0.4, 0.5) is 0 Å². The van der Waals surface area contributed by atoms with Gasteiger partial charge in [0.05, 0.1) is 10.5 Å². The van der Waals surface area contributed by atoms with E-state index in [4.69, 9.17) is 12.2 Å². The molecule has 4 nitrogen and oxygen atoms in total. The molecule has 0 radical (unpaired) electrons. The van der Waals surface area contributed by atoms with Crippen LogP contribution >= 0.6 is 35.3 Å². The van der Waals surface area contributed by atoms with E-state index in [-0.39, 0.29) is 5.91 Å². The van der Waals surface area contributed by atoms with E-state index in [0.29, 0.717) is 14.8 Å². The van der Waals surface area contributed by atoms with Gasteiger partial charge >= 0.3 is 0 Å². The van der Waals surface area contributed by atoms with Gasteiger partial charge in [-0.05, 0) is 51.0 Å². The molecule has 0 unspecified atom stereocenters. The summed E-state index contributed by atoms with van der Waals surface area (Å²) in [6.07, 6.45) is 1.86. The van der Waals surface area contributed by atoms with E-state index in [1.807, 2.05) is 39.8 Å². The minimum atomic E-state index is -0.157. The van der Waals surface area contributed by atoms with Crippen molar-refractivity contribution in [3.63, 3.8) is 0 Å². The van der Waals surface area contributed by atoms with Crippen molar-refractivity contribution < 1.29 is 4.79 Å². The zero-order chi connectivity index (χ0) is 17.6. The number of aromatic nitrogens is 1. The average Bonchev–Trinajstić information content (AvgIpc) is 3.07. The van der Waals surface area contributed by atoms with Gasteiger partial charge in [-0.15, -0.1) is 11.3 Å². The van der Waals surface area contributed by atoms with Crippen LogP contribution in [-0.2, 0) is 4.79 Å². The predicted octanol–water partition coefficient (Wildman–Crippen LogP) is 4.13. The van der Waals surface area contributed by atoms with Gasteiger partial charge in [0.15, 0.2) is 0 Å². The summed E-state index contributed by atoms with van der Waals surface area (Å²) >= 11 is 7.92. The molecule has 0 spiro atoms. The third-order valence-electron chi connectivity index (χ3n) is 4.08. The molecule has 3 rings (SSSR count). The molecule has 2 aromatic rings. The van der Waals surface area contributed by atoms with Crippen molar-refractivity contribution in [3.8, 4) is 11.1 Å². The Morgan fingerprint density at radius 2 is 2.04 bits per heavy atom. The van der Waals surface area contributed by atoms with E-state index in [2.05, 4.69) is 16.0 Å². The number of nitrogens with one attached hydrogen (secondary N) is 1. The number of nitriles is 1. The van der Waals surface area contributed by atoms with Gasteiger partial charge in [0.2, 0.25) is 0 Å². The molecule has 3 heterocycles. The summed E-state index contributed by atoms with van der Waals surface area (Å²) in [5, 5.41) is 13.1. The lowest BCUT2D eigenvalue weighted by atomic mass is 10.2. The van der Waals surface area contributed by atoms with Gasteiger partial charge in [0.25, 0.3) is 5.91 Å². The largest absolute Gasteiger partial charge is 0.308 e. The Balaban J connectivity index is 2.14. The van der Waals surface area contributed by atoms with Crippen LogP contribution in [0.3, 0.4) is 0 Å². The average molecular weight is 374 g/mol. The predicted molar refractivity (Wildman–Crippen MR) is 104 cm³/mol. The van der Waals surface area contributed by atoms with E-state index in [9.17, 15) is 10.1 Å². The molecular weight excluding hydrogens is 358 g/mol. The Hall–Kier alpha value is -1.88. The smallest absolute Gasteiger partial charge is 0.263 e. The lowest BCUT2D eigenvalue weighted by Gasteiger charge is -2.07. The highest BCUT2D eigenvalue weighted by atomic mass is 32.2. The normalized spacial score (nSPS) is 15.9. The first-order chi connectivity index (χ1) is 11.3. The van der Waals surface area contributed by atoms with E-state index in [0.717, 1.165) is 32.4 Å². The van der Waals surface area contributed by atoms with Crippen LogP contribution in [0, 0.1) is 39.0 Å². The maximum absolute atomic E-state index is 11.9. The van der Waals surface area contributed by atoms with Gasteiger partial charge in [-0.2, -0.15) is 5.26 Å². The molecule has 0 atom stereocenters. The summed E-state index contributed by atoms with van der Waals surface area (Å²) in [5.74, 6) is -0.157. The van der Waals surface area contributed by atoms with Crippen molar-refractivity contribution in [1.82, 2.24) is 9.88 Å². The molecule has 2 aromatic heterocycles. The molecule has 1 fully saturated rings. The lowest BCUT2D eigenvalue weighted by molar-refractivity contribution is -0.115. The van der Waals surface area contributed by atoms with Crippen molar-refractivity contribution in [1.29, 1.82) is 5.26 Å². The molecule has 1 saturated heterocycles. The van der Waals surface area contributed by atoms with Gasteiger partial charge in [-0.3, -0.25) is 4.79 Å². The van der Waals surface area contributed by atoms with Crippen LogP contribution in [0.5, 0.6) is 0 Å². The molecule has 1 amide bonds.